The molecule has 0 amide bonds. The maximum atomic E-state index is 9.42. The van der Waals surface area contributed by atoms with Crippen LogP contribution in [0.2, 0.25) is 6.82 Å². The lowest BCUT2D eigenvalue weighted by Crippen LogP contribution is -2.41. The summed E-state index contributed by atoms with van der Waals surface area (Å²) in [6.45, 7) is 6.42. The third kappa shape index (κ3) is 7.36. The van der Waals surface area contributed by atoms with Crippen LogP contribution < -0.4 is 5.73 Å². The molecule has 3 nitrogen and oxygen atoms in total. The molecule has 0 fully saturated rings. The Bertz CT molecular complexity index is 123. The van der Waals surface area contributed by atoms with E-state index in [-0.39, 0.29) is 7.05 Å². The van der Waals surface area contributed by atoms with Crippen LogP contribution in [0.4, 0.5) is 0 Å². The van der Waals surface area contributed by atoms with Crippen molar-refractivity contribution in [1.82, 2.24) is 4.81 Å². The molecule has 0 radical (unpaired) electrons. The first-order chi connectivity index (χ1) is 6.72. The molecule has 0 atom stereocenters. The van der Waals surface area contributed by atoms with Crippen molar-refractivity contribution in [3.8, 4) is 0 Å². The van der Waals surface area contributed by atoms with Crippen molar-refractivity contribution in [1.29, 1.82) is 0 Å². The molecule has 0 aromatic rings. The van der Waals surface area contributed by atoms with Gasteiger partial charge in [-0.05, 0) is 19.8 Å². The topological polar surface area (TPSA) is 49.5 Å². The first-order valence-electron chi connectivity index (χ1n) is 5.84. The summed E-state index contributed by atoms with van der Waals surface area (Å²) >= 11 is 0. The third-order valence-corrected chi connectivity index (χ3v) is 2.49. The van der Waals surface area contributed by atoms with E-state index in [1.807, 2.05) is 11.6 Å². The van der Waals surface area contributed by atoms with E-state index < -0.39 is 0 Å². The van der Waals surface area contributed by atoms with Gasteiger partial charge in [-0.25, -0.2) is 0 Å². The van der Waals surface area contributed by atoms with Crippen molar-refractivity contribution in [3.63, 3.8) is 0 Å². The van der Waals surface area contributed by atoms with Gasteiger partial charge in [0.15, 0.2) is 0 Å². The lowest BCUT2D eigenvalue weighted by atomic mass is 9.84. The van der Waals surface area contributed by atoms with Crippen molar-refractivity contribution >= 4 is 7.05 Å². The van der Waals surface area contributed by atoms with Gasteiger partial charge in [0.2, 0.25) is 0 Å². The molecule has 0 spiro atoms. The Labute approximate surface area is 88.8 Å². The van der Waals surface area contributed by atoms with Gasteiger partial charge in [-0.1, -0.05) is 32.6 Å². The fraction of sp³-hybridized carbons (Fsp3) is 1.00. The van der Waals surface area contributed by atoms with Gasteiger partial charge < -0.3 is 15.6 Å². The molecule has 0 saturated carbocycles. The van der Waals surface area contributed by atoms with Crippen molar-refractivity contribution < 1.29 is 5.02 Å². The first-order valence-corrected chi connectivity index (χ1v) is 5.84. The molecular weight excluding hydrogens is 175 g/mol. The summed E-state index contributed by atoms with van der Waals surface area (Å²) in [5.74, 6) is 0. The summed E-state index contributed by atoms with van der Waals surface area (Å²) in [5.41, 5.74) is 5.47. The SMILES string of the molecule is CCCCCCCN(CCN)B(C)O. The van der Waals surface area contributed by atoms with Crippen LogP contribution in [-0.4, -0.2) is 36.5 Å². The number of nitrogens with two attached hydrogens (primary N) is 1. The maximum absolute atomic E-state index is 9.42. The van der Waals surface area contributed by atoms with E-state index in [4.69, 9.17) is 5.73 Å². The zero-order chi connectivity index (χ0) is 10.8. The zero-order valence-corrected chi connectivity index (χ0v) is 9.71. The Kier molecular flexibility index (Phi) is 9.46. The molecule has 14 heavy (non-hydrogen) atoms. The Morgan fingerprint density at radius 3 is 2.29 bits per heavy atom. The van der Waals surface area contributed by atoms with Gasteiger partial charge in [-0.2, -0.15) is 0 Å². The van der Waals surface area contributed by atoms with Crippen molar-refractivity contribution in [2.24, 2.45) is 5.73 Å². The fourth-order valence-electron chi connectivity index (χ4n) is 1.57. The van der Waals surface area contributed by atoms with Crippen molar-refractivity contribution in [2.75, 3.05) is 19.6 Å². The summed E-state index contributed by atoms with van der Waals surface area (Å²) in [6.07, 6.45) is 6.35. The average molecular weight is 200 g/mol. The van der Waals surface area contributed by atoms with Gasteiger partial charge in [0.05, 0.1) is 0 Å². The van der Waals surface area contributed by atoms with E-state index in [0.717, 1.165) is 13.1 Å². The molecule has 0 bridgehead atoms. The monoisotopic (exact) mass is 200 g/mol. The van der Waals surface area contributed by atoms with Crippen molar-refractivity contribution in [2.45, 2.75) is 45.9 Å². The predicted molar refractivity (Wildman–Crippen MR) is 63.2 cm³/mol. The van der Waals surface area contributed by atoms with E-state index in [2.05, 4.69) is 6.92 Å². The van der Waals surface area contributed by atoms with Crippen LogP contribution in [0.25, 0.3) is 0 Å². The molecule has 0 unspecified atom stereocenters. The standard InChI is InChI=1S/C10H25BN2O/c1-3-4-5-6-7-9-13(10-8-12)11(2)14/h14H,3-10,12H2,1-2H3. The molecule has 4 heteroatoms. The van der Waals surface area contributed by atoms with E-state index in [1.54, 1.807) is 0 Å². The summed E-state index contributed by atoms with van der Waals surface area (Å²) in [6, 6.07) is 0. The van der Waals surface area contributed by atoms with E-state index in [1.165, 1.54) is 32.1 Å². The lowest BCUT2D eigenvalue weighted by Gasteiger charge is -2.21. The number of rotatable bonds is 9. The predicted octanol–water partition coefficient (Wildman–Crippen LogP) is 1.33. The first kappa shape index (κ1) is 13.9. The van der Waals surface area contributed by atoms with Gasteiger partial charge in [-0.3, -0.25) is 0 Å². The summed E-state index contributed by atoms with van der Waals surface area (Å²) in [7, 11) is -0.357. The molecule has 3 N–H and O–H groups in total. The van der Waals surface area contributed by atoms with E-state index >= 15 is 0 Å². The minimum atomic E-state index is -0.357. The van der Waals surface area contributed by atoms with Crippen LogP contribution >= 0.6 is 0 Å². The second-order valence-electron chi connectivity index (χ2n) is 3.87. The number of hydrogen-bond acceptors (Lipinski definition) is 3. The van der Waals surface area contributed by atoms with Gasteiger partial charge in [0, 0.05) is 13.1 Å². The second-order valence-corrected chi connectivity index (χ2v) is 3.87. The molecule has 0 aliphatic rings. The van der Waals surface area contributed by atoms with Crippen LogP contribution in [-0.2, 0) is 0 Å². The fourth-order valence-corrected chi connectivity index (χ4v) is 1.57. The van der Waals surface area contributed by atoms with Crippen LogP contribution in [0.15, 0.2) is 0 Å². The molecule has 0 aliphatic carbocycles. The highest BCUT2D eigenvalue weighted by Gasteiger charge is 2.13. The van der Waals surface area contributed by atoms with Crippen LogP contribution in [0.5, 0.6) is 0 Å². The number of nitrogens with zero attached hydrogens (tertiary/aromatic N) is 1. The lowest BCUT2D eigenvalue weighted by molar-refractivity contribution is 0.361. The largest absolute Gasteiger partial charge is 0.437 e. The minimum absolute atomic E-state index is 0.357. The molecular formula is C10H25BN2O. The minimum Gasteiger partial charge on any atom is -0.437 e. The van der Waals surface area contributed by atoms with Crippen LogP contribution in [0.1, 0.15) is 39.0 Å². The molecule has 0 heterocycles. The van der Waals surface area contributed by atoms with Crippen LogP contribution in [0.3, 0.4) is 0 Å². The number of unbranched alkanes of at least 4 members (excludes halogenated alkanes) is 4. The number of hydrogen-bond donors (Lipinski definition) is 2. The Morgan fingerprint density at radius 1 is 1.14 bits per heavy atom. The Morgan fingerprint density at radius 2 is 1.79 bits per heavy atom. The zero-order valence-electron chi connectivity index (χ0n) is 9.71. The molecule has 84 valence electrons. The highest BCUT2D eigenvalue weighted by Crippen LogP contribution is 2.04. The van der Waals surface area contributed by atoms with E-state index in [9.17, 15) is 5.02 Å². The molecule has 0 aromatic heterocycles. The third-order valence-electron chi connectivity index (χ3n) is 2.49. The second kappa shape index (κ2) is 9.50. The Hall–Kier alpha value is -0.0551. The van der Waals surface area contributed by atoms with Gasteiger partial charge in [0.1, 0.15) is 0 Å². The summed E-state index contributed by atoms with van der Waals surface area (Å²) in [5, 5.41) is 9.42. The van der Waals surface area contributed by atoms with Crippen molar-refractivity contribution in [3.05, 3.63) is 0 Å². The quantitative estimate of drug-likeness (QED) is 0.436. The smallest absolute Gasteiger partial charge is 0.376 e. The normalized spacial score (nSPS) is 10.9. The molecule has 0 aliphatic heterocycles. The highest BCUT2D eigenvalue weighted by molar-refractivity contribution is 6.45. The molecule has 0 aromatic carbocycles. The molecule has 0 rings (SSSR count). The summed E-state index contributed by atoms with van der Waals surface area (Å²) < 4.78 is 0. The van der Waals surface area contributed by atoms with Crippen LogP contribution in [0, 0.1) is 0 Å². The highest BCUT2D eigenvalue weighted by atomic mass is 16.2. The average Bonchev–Trinajstić information content (AvgIpc) is 2.15. The van der Waals surface area contributed by atoms with E-state index in [0.29, 0.717) is 6.54 Å². The van der Waals surface area contributed by atoms with Gasteiger partial charge in [0.25, 0.3) is 0 Å². The molecule has 0 saturated heterocycles. The Balaban J connectivity index is 3.41. The van der Waals surface area contributed by atoms with Gasteiger partial charge in [-0.15, -0.1) is 0 Å². The summed E-state index contributed by atoms with van der Waals surface area (Å²) in [4.78, 5) is 2.03. The maximum Gasteiger partial charge on any atom is 0.376 e. The van der Waals surface area contributed by atoms with Gasteiger partial charge >= 0.3 is 7.05 Å².